The average molecular weight is 755 g/mol. The summed E-state index contributed by atoms with van der Waals surface area (Å²) in [5.41, 5.74) is 10.6. The van der Waals surface area contributed by atoms with E-state index in [0.717, 1.165) is 22.7 Å². The summed E-state index contributed by atoms with van der Waals surface area (Å²) in [4.78, 5) is 5.07. The van der Waals surface area contributed by atoms with E-state index in [1.165, 1.54) is 92.7 Å². The van der Waals surface area contributed by atoms with Crippen LogP contribution in [-0.2, 0) is 0 Å². The first-order valence-electron chi connectivity index (χ1n) is 20.5. The Labute approximate surface area is 344 Å². The molecule has 0 N–H and O–H groups in total. The molecule has 0 aromatic heterocycles. The molecule has 0 amide bonds. The van der Waals surface area contributed by atoms with Crippen LogP contribution in [0.15, 0.2) is 200 Å². The normalized spacial score (nSPS) is 11.6. The summed E-state index contributed by atoms with van der Waals surface area (Å²) in [6, 6.07) is 74.1. The molecule has 0 aliphatic rings. The Bertz CT molecular complexity index is 3440. The lowest BCUT2D eigenvalue weighted by Gasteiger charge is -2.34. The molecule has 0 saturated carbocycles. The van der Waals surface area contributed by atoms with E-state index in [9.17, 15) is 0 Å². The van der Waals surface area contributed by atoms with Gasteiger partial charge < -0.3 is 9.80 Å². The highest BCUT2D eigenvalue weighted by Crippen LogP contribution is 2.53. The number of hydrogen-bond acceptors (Lipinski definition) is 2. The standard InChI is InChI=1S/C57H42N2/c1-37-26-31-50-51(32-37)57(59(47-30-28-41-15-5-7-19-45(41)36-47)55-25-13-21-43-17-9-11-23-49(43)55)53-34-39(3)38(2)33-52(53)56(50)58(46-29-27-40-14-4-6-18-44(40)35-46)54-24-12-20-42-16-8-10-22-48(42)54/h4-36H,1-3H3. The predicted molar refractivity (Wildman–Crippen MR) is 255 cm³/mol. The van der Waals surface area contributed by atoms with Crippen molar-refractivity contribution in [1.82, 2.24) is 0 Å². The molecule has 2 heteroatoms. The average Bonchev–Trinajstić information content (AvgIpc) is 3.28. The summed E-state index contributed by atoms with van der Waals surface area (Å²) in [7, 11) is 0. The first kappa shape index (κ1) is 34.8. The zero-order chi connectivity index (χ0) is 39.6. The second-order valence-electron chi connectivity index (χ2n) is 16.0. The SMILES string of the molecule is Cc1ccc2c(N(c3ccc4ccccc4c3)c3cccc4ccccc34)c3cc(C)c(C)cc3c(N(c3ccc4ccccc4c3)c3cccc4ccccc34)c2c1. The smallest absolute Gasteiger partial charge is 0.0620 e. The molecule has 280 valence electrons. The van der Waals surface area contributed by atoms with Gasteiger partial charge in [-0.05, 0) is 119 Å². The molecule has 11 rings (SSSR count). The van der Waals surface area contributed by atoms with Gasteiger partial charge in [-0.15, -0.1) is 0 Å². The molecule has 0 spiro atoms. The van der Waals surface area contributed by atoms with E-state index in [1.807, 2.05) is 0 Å². The third-order valence-corrected chi connectivity index (χ3v) is 12.3. The Kier molecular flexibility index (Phi) is 8.20. The van der Waals surface area contributed by atoms with Crippen LogP contribution >= 0.6 is 0 Å². The van der Waals surface area contributed by atoms with Crippen molar-refractivity contribution in [2.24, 2.45) is 0 Å². The molecule has 0 radical (unpaired) electrons. The highest BCUT2D eigenvalue weighted by Gasteiger charge is 2.28. The first-order chi connectivity index (χ1) is 29.0. The lowest BCUT2D eigenvalue weighted by molar-refractivity contribution is 1.30. The van der Waals surface area contributed by atoms with Gasteiger partial charge in [0.15, 0.2) is 0 Å². The van der Waals surface area contributed by atoms with E-state index in [1.54, 1.807) is 0 Å². The highest BCUT2D eigenvalue weighted by molar-refractivity contribution is 6.25. The minimum atomic E-state index is 1.12. The fourth-order valence-electron chi connectivity index (χ4n) is 9.26. The fourth-order valence-corrected chi connectivity index (χ4v) is 9.26. The second kappa shape index (κ2) is 13.9. The Morgan fingerprint density at radius 3 is 1.19 bits per heavy atom. The molecule has 0 aliphatic carbocycles. The maximum Gasteiger partial charge on any atom is 0.0620 e. The van der Waals surface area contributed by atoms with Crippen molar-refractivity contribution in [3.8, 4) is 0 Å². The Morgan fingerprint density at radius 2 is 0.678 bits per heavy atom. The molecule has 59 heavy (non-hydrogen) atoms. The van der Waals surface area contributed by atoms with E-state index in [0.29, 0.717) is 0 Å². The van der Waals surface area contributed by atoms with Crippen molar-refractivity contribution in [2.75, 3.05) is 9.80 Å². The monoisotopic (exact) mass is 754 g/mol. The first-order valence-corrected chi connectivity index (χ1v) is 20.5. The zero-order valence-electron chi connectivity index (χ0n) is 33.4. The van der Waals surface area contributed by atoms with Crippen LogP contribution in [0.2, 0.25) is 0 Å². The van der Waals surface area contributed by atoms with Gasteiger partial charge in [0, 0.05) is 43.7 Å². The van der Waals surface area contributed by atoms with Gasteiger partial charge in [-0.3, -0.25) is 0 Å². The molecule has 0 heterocycles. The summed E-state index contributed by atoms with van der Waals surface area (Å²) < 4.78 is 0. The van der Waals surface area contributed by atoms with Crippen molar-refractivity contribution < 1.29 is 0 Å². The third-order valence-electron chi connectivity index (χ3n) is 12.3. The van der Waals surface area contributed by atoms with Crippen LogP contribution in [0.4, 0.5) is 34.1 Å². The van der Waals surface area contributed by atoms with Crippen LogP contribution in [0.25, 0.3) is 64.6 Å². The largest absolute Gasteiger partial charge is 0.309 e. The molecule has 0 saturated heterocycles. The molecule has 0 atom stereocenters. The Morgan fingerprint density at radius 1 is 0.271 bits per heavy atom. The van der Waals surface area contributed by atoms with Gasteiger partial charge in [0.25, 0.3) is 0 Å². The van der Waals surface area contributed by atoms with Gasteiger partial charge in [0.05, 0.1) is 22.7 Å². The lowest BCUT2D eigenvalue weighted by atomic mass is 9.91. The number of rotatable bonds is 6. The van der Waals surface area contributed by atoms with Gasteiger partial charge in [0.1, 0.15) is 0 Å². The number of aryl methyl sites for hydroxylation is 3. The van der Waals surface area contributed by atoms with Gasteiger partial charge >= 0.3 is 0 Å². The van der Waals surface area contributed by atoms with Crippen molar-refractivity contribution in [2.45, 2.75) is 20.8 Å². The number of fused-ring (bicyclic) bond motifs is 6. The van der Waals surface area contributed by atoms with Crippen molar-refractivity contribution >= 4 is 98.8 Å². The van der Waals surface area contributed by atoms with Gasteiger partial charge in [-0.2, -0.15) is 0 Å². The minimum Gasteiger partial charge on any atom is -0.309 e. The van der Waals surface area contributed by atoms with Crippen LogP contribution in [-0.4, -0.2) is 0 Å². The molecule has 11 aromatic carbocycles. The van der Waals surface area contributed by atoms with E-state index in [2.05, 4.69) is 231 Å². The minimum absolute atomic E-state index is 1.12. The maximum atomic E-state index is 2.54. The van der Waals surface area contributed by atoms with Crippen LogP contribution in [0.3, 0.4) is 0 Å². The van der Waals surface area contributed by atoms with E-state index < -0.39 is 0 Å². The van der Waals surface area contributed by atoms with Gasteiger partial charge in [-0.25, -0.2) is 0 Å². The molecular formula is C57H42N2. The second-order valence-corrected chi connectivity index (χ2v) is 16.0. The Hall–Kier alpha value is -7.42. The molecule has 0 bridgehead atoms. The summed E-state index contributed by atoms with van der Waals surface area (Å²) in [5, 5.41) is 14.5. The molecule has 11 aromatic rings. The van der Waals surface area contributed by atoms with Crippen LogP contribution in [0.1, 0.15) is 16.7 Å². The number of anilines is 6. The number of hydrogen-bond donors (Lipinski definition) is 0. The summed E-state index contributed by atoms with van der Waals surface area (Å²) >= 11 is 0. The van der Waals surface area contributed by atoms with E-state index in [-0.39, 0.29) is 0 Å². The van der Waals surface area contributed by atoms with Crippen molar-refractivity contribution in [1.29, 1.82) is 0 Å². The Balaban J connectivity index is 1.32. The fraction of sp³-hybridized carbons (Fsp3) is 0.0526. The zero-order valence-corrected chi connectivity index (χ0v) is 33.4. The number of nitrogens with zero attached hydrogens (tertiary/aromatic N) is 2. The van der Waals surface area contributed by atoms with Crippen LogP contribution in [0, 0.1) is 20.8 Å². The molecule has 0 aliphatic heterocycles. The third kappa shape index (κ3) is 5.79. The lowest BCUT2D eigenvalue weighted by Crippen LogP contribution is -2.15. The topological polar surface area (TPSA) is 6.48 Å². The summed E-state index contributed by atoms with van der Waals surface area (Å²) in [5.74, 6) is 0. The summed E-state index contributed by atoms with van der Waals surface area (Å²) in [6.07, 6.45) is 0. The van der Waals surface area contributed by atoms with E-state index >= 15 is 0 Å². The quantitative estimate of drug-likeness (QED) is 0.123. The molecular weight excluding hydrogens is 713 g/mol. The highest BCUT2D eigenvalue weighted by atomic mass is 15.2. The van der Waals surface area contributed by atoms with Gasteiger partial charge in [-0.1, -0.05) is 151 Å². The van der Waals surface area contributed by atoms with Crippen LogP contribution in [0.5, 0.6) is 0 Å². The molecule has 0 unspecified atom stereocenters. The van der Waals surface area contributed by atoms with Crippen LogP contribution < -0.4 is 9.80 Å². The van der Waals surface area contributed by atoms with Crippen molar-refractivity contribution in [3.63, 3.8) is 0 Å². The predicted octanol–water partition coefficient (Wildman–Crippen LogP) is 16.5. The van der Waals surface area contributed by atoms with Gasteiger partial charge in [0.2, 0.25) is 0 Å². The molecule has 0 fully saturated rings. The van der Waals surface area contributed by atoms with Crippen molar-refractivity contribution in [3.05, 3.63) is 217 Å². The number of benzene rings is 11. The maximum absolute atomic E-state index is 2.54. The summed E-state index contributed by atoms with van der Waals surface area (Å²) in [6.45, 7) is 6.72. The van der Waals surface area contributed by atoms with E-state index in [4.69, 9.17) is 0 Å². The molecule has 2 nitrogen and oxygen atoms in total.